The Morgan fingerprint density at radius 2 is 2.12 bits per heavy atom. The van der Waals surface area contributed by atoms with E-state index in [0.717, 1.165) is 24.2 Å². The van der Waals surface area contributed by atoms with Gasteiger partial charge in [-0.2, -0.15) is 0 Å². The third-order valence-corrected chi connectivity index (χ3v) is 4.82. The Labute approximate surface area is 155 Å². The molecule has 2 rings (SSSR count). The van der Waals surface area contributed by atoms with Gasteiger partial charge < -0.3 is 19.9 Å². The quantitative estimate of drug-likeness (QED) is 0.625. The number of aliphatic hydroxyl groups is 1. The Hall–Kier alpha value is -1.02. The normalized spacial score (nSPS) is 18.0. The molecule has 0 bridgehead atoms. The number of nitrogens with zero attached hydrogens (tertiary/aromatic N) is 1. The van der Waals surface area contributed by atoms with E-state index in [9.17, 15) is 14.3 Å². The van der Waals surface area contributed by atoms with Crippen molar-refractivity contribution in [1.29, 1.82) is 0 Å². The zero-order chi connectivity index (χ0) is 17.0. The van der Waals surface area contributed by atoms with Crippen LogP contribution in [0.15, 0.2) is 18.2 Å². The van der Waals surface area contributed by atoms with Crippen LogP contribution in [0.4, 0.5) is 10.1 Å². The molecule has 0 saturated carbocycles. The molecule has 2 atom stereocenters. The van der Waals surface area contributed by atoms with Crippen LogP contribution in [0.2, 0.25) is 0 Å². The van der Waals surface area contributed by atoms with Gasteiger partial charge in [-0.3, -0.25) is 0 Å². The maximum atomic E-state index is 13.5. The number of aliphatic carboxylic acids is 1. The van der Waals surface area contributed by atoms with E-state index in [4.69, 9.17) is 5.11 Å². The Balaban J connectivity index is 0.00000288. The van der Waals surface area contributed by atoms with Crippen molar-refractivity contribution < 1.29 is 38.3 Å². The average molecular weight is 329 g/mol. The molecule has 0 fully saturated rings. The van der Waals surface area contributed by atoms with Crippen LogP contribution in [0.5, 0.6) is 0 Å². The number of rotatable bonds is 7. The first-order valence-electron chi connectivity index (χ1n) is 8.27. The fourth-order valence-corrected chi connectivity index (χ4v) is 3.26. The topological polar surface area (TPSA) is 63.6 Å². The molecular weight excluding hydrogens is 304 g/mol. The number of benzene rings is 1. The minimum Gasteiger partial charge on any atom is -0.550 e. The summed E-state index contributed by atoms with van der Waals surface area (Å²) in [7, 11) is 0. The molecule has 0 radical (unpaired) electrons. The molecule has 0 aromatic heterocycles. The number of fused-ring (bicyclic) bond motifs is 1. The second kappa shape index (κ2) is 9.46. The molecule has 0 aliphatic carbocycles. The molecule has 2 unspecified atom stereocenters. The monoisotopic (exact) mass is 329 g/mol. The van der Waals surface area contributed by atoms with E-state index >= 15 is 0 Å². The number of hydrogen-bond donors (Lipinski definition) is 1. The van der Waals surface area contributed by atoms with E-state index in [-0.39, 0.29) is 37.7 Å². The van der Waals surface area contributed by atoms with Gasteiger partial charge in [-0.1, -0.05) is 13.8 Å². The van der Waals surface area contributed by atoms with Crippen molar-refractivity contribution >= 4 is 11.7 Å². The summed E-state index contributed by atoms with van der Waals surface area (Å²) in [5.74, 6) is -1.10. The standard InChI is InChI=1S/C18H26FNO3.Li/c1-12(2)15-9-14-10-16(19)3-4-17(14)20(11-15)7-5-13(6-8-21)18(22)23;/h3-4,10,12-13,15,21H,5-9,11H2,1-2H3,(H,22,23);/q;+1/p-1. The number of aliphatic hydroxyl groups excluding tert-OH is 1. The Morgan fingerprint density at radius 1 is 1.42 bits per heavy atom. The third kappa shape index (κ3) is 5.24. The Kier molecular flexibility index (Phi) is 8.28. The summed E-state index contributed by atoms with van der Waals surface area (Å²) in [6.07, 6.45) is 1.48. The van der Waals surface area contributed by atoms with Crippen molar-refractivity contribution in [2.24, 2.45) is 17.8 Å². The van der Waals surface area contributed by atoms with Crippen molar-refractivity contribution in [2.75, 3.05) is 24.6 Å². The summed E-state index contributed by atoms with van der Waals surface area (Å²) in [6.45, 7) is 5.57. The van der Waals surface area contributed by atoms with E-state index in [2.05, 4.69) is 18.7 Å². The molecule has 1 N–H and O–H groups in total. The molecule has 128 valence electrons. The van der Waals surface area contributed by atoms with Gasteiger partial charge in [-0.15, -0.1) is 0 Å². The molecule has 0 spiro atoms. The van der Waals surface area contributed by atoms with Gasteiger partial charge in [0.15, 0.2) is 0 Å². The van der Waals surface area contributed by atoms with E-state index in [1.54, 1.807) is 12.1 Å². The molecule has 4 nitrogen and oxygen atoms in total. The number of carbonyl (C=O) groups excluding carboxylic acids is 1. The largest absolute Gasteiger partial charge is 1.00 e. The molecule has 0 saturated heterocycles. The minimum absolute atomic E-state index is 0. The van der Waals surface area contributed by atoms with Crippen LogP contribution in [0.1, 0.15) is 32.3 Å². The van der Waals surface area contributed by atoms with Crippen molar-refractivity contribution in [3.05, 3.63) is 29.6 Å². The first-order chi connectivity index (χ1) is 10.9. The molecular formula is C18H25FLiNO3. The van der Waals surface area contributed by atoms with Crippen molar-refractivity contribution in [2.45, 2.75) is 33.1 Å². The number of carboxylic acid groups (broad SMARTS) is 1. The summed E-state index contributed by atoms with van der Waals surface area (Å²) in [6, 6.07) is 4.81. The van der Waals surface area contributed by atoms with Crippen LogP contribution in [-0.2, 0) is 11.2 Å². The van der Waals surface area contributed by atoms with Gasteiger partial charge in [0.25, 0.3) is 0 Å². The first kappa shape index (κ1) is 21.0. The van der Waals surface area contributed by atoms with Gasteiger partial charge in [-0.05, 0) is 54.9 Å². The fraction of sp³-hybridized carbons (Fsp3) is 0.611. The smallest absolute Gasteiger partial charge is 0.550 e. The number of anilines is 1. The third-order valence-electron chi connectivity index (χ3n) is 4.82. The Morgan fingerprint density at radius 3 is 2.71 bits per heavy atom. The zero-order valence-electron chi connectivity index (χ0n) is 14.8. The maximum absolute atomic E-state index is 13.5. The van der Waals surface area contributed by atoms with Gasteiger partial charge in [0, 0.05) is 37.3 Å². The van der Waals surface area contributed by atoms with Crippen molar-refractivity contribution in [3.63, 3.8) is 0 Å². The average Bonchev–Trinajstić information content (AvgIpc) is 2.49. The van der Waals surface area contributed by atoms with E-state index in [1.807, 2.05) is 0 Å². The molecule has 24 heavy (non-hydrogen) atoms. The summed E-state index contributed by atoms with van der Waals surface area (Å²) < 4.78 is 13.5. The van der Waals surface area contributed by atoms with Gasteiger partial charge in [0.05, 0.1) is 0 Å². The van der Waals surface area contributed by atoms with E-state index in [1.165, 1.54) is 6.07 Å². The van der Waals surface area contributed by atoms with Crippen LogP contribution in [-0.4, -0.2) is 30.8 Å². The van der Waals surface area contributed by atoms with Crippen LogP contribution < -0.4 is 28.9 Å². The van der Waals surface area contributed by atoms with E-state index in [0.29, 0.717) is 24.8 Å². The van der Waals surface area contributed by atoms with Crippen LogP contribution >= 0.6 is 0 Å². The summed E-state index contributed by atoms with van der Waals surface area (Å²) >= 11 is 0. The molecule has 6 heteroatoms. The van der Waals surface area contributed by atoms with Crippen molar-refractivity contribution in [3.8, 4) is 0 Å². The number of hydrogen-bond acceptors (Lipinski definition) is 4. The fourth-order valence-electron chi connectivity index (χ4n) is 3.26. The summed E-state index contributed by atoms with van der Waals surface area (Å²) in [5.41, 5.74) is 1.98. The molecule has 1 aromatic rings. The zero-order valence-corrected chi connectivity index (χ0v) is 14.8. The predicted octanol–water partition coefficient (Wildman–Crippen LogP) is -1.40. The number of carbonyl (C=O) groups is 1. The first-order valence-corrected chi connectivity index (χ1v) is 8.27. The minimum atomic E-state index is -1.12. The Bertz CT molecular complexity index is 553. The van der Waals surface area contributed by atoms with Gasteiger partial charge in [0.2, 0.25) is 0 Å². The maximum Gasteiger partial charge on any atom is 1.00 e. The molecule has 1 aliphatic rings. The molecule has 1 aliphatic heterocycles. The van der Waals surface area contributed by atoms with Gasteiger partial charge >= 0.3 is 18.9 Å². The SMILES string of the molecule is CC(C)C1Cc2cc(F)ccc2N(CCC(CCO)C(=O)[O-])C1.[Li+]. The van der Waals surface area contributed by atoms with E-state index < -0.39 is 11.9 Å². The second-order valence-electron chi connectivity index (χ2n) is 6.74. The number of halogens is 1. The second-order valence-corrected chi connectivity index (χ2v) is 6.74. The number of carboxylic acids is 1. The van der Waals surface area contributed by atoms with Gasteiger partial charge in [-0.25, -0.2) is 4.39 Å². The van der Waals surface area contributed by atoms with Crippen LogP contribution in [0.25, 0.3) is 0 Å². The summed E-state index contributed by atoms with van der Waals surface area (Å²) in [4.78, 5) is 13.3. The molecule has 1 aromatic carbocycles. The van der Waals surface area contributed by atoms with Crippen LogP contribution in [0, 0.1) is 23.6 Å². The van der Waals surface area contributed by atoms with Crippen LogP contribution in [0.3, 0.4) is 0 Å². The molecule has 0 amide bonds. The summed E-state index contributed by atoms with van der Waals surface area (Å²) in [5, 5.41) is 20.1. The molecule has 1 heterocycles. The van der Waals surface area contributed by atoms with Gasteiger partial charge in [0.1, 0.15) is 5.82 Å². The predicted molar refractivity (Wildman–Crippen MR) is 85.5 cm³/mol. The van der Waals surface area contributed by atoms with Crippen molar-refractivity contribution in [1.82, 2.24) is 0 Å².